The molecule has 0 aromatic heterocycles. The molecular weight excluding hydrogens is 406 g/mol. The van der Waals surface area contributed by atoms with Crippen LogP contribution in [0, 0.1) is 5.92 Å². The molecule has 1 atom stereocenters. The Morgan fingerprint density at radius 2 is 1.48 bits per heavy atom. The molecule has 0 saturated carbocycles. The maximum atomic E-state index is 6.10. The van der Waals surface area contributed by atoms with Gasteiger partial charge in [-0.15, -0.1) is 12.4 Å². The highest BCUT2D eigenvalue weighted by Crippen LogP contribution is 2.29. The van der Waals surface area contributed by atoms with Gasteiger partial charge in [-0.25, -0.2) is 0 Å². The zero-order valence-electron chi connectivity index (χ0n) is 18.6. The minimum Gasteiger partial charge on any atom is -0.497 e. The van der Waals surface area contributed by atoms with Crippen LogP contribution in [0.15, 0.2) is 66.7 Å². The summed E-state index contributed by atoms with van der Waals surface area (Å²) in [5.74, 6) is 2.62. The summed E-state index contributed by atoms with van der Waals surface area (Å²) < 4.78 is 11.3. The van der Waals surface area contributed by atoms with Crippen LogP contribution in [-0.2, 0) is 19.4 Å². The van der Waals surface area contributed by atoms with Crippen molar-refractivity contribution in [2.75, 3.05) is 27.7 Å². The molecule has 0 amide bonds. The topological polar surface area (TPSA) is 21.7 Å². The molecule has 164 valence electrons. The molecule has 0 bridgehead atoms. The molecule has 0 saturated heterocycles. The first-order valence-electron chi connectivity index (χ1n) is 10.7. The summed E-state index contributed by atoms with van der Waals surface area (Å²) in [6.45, 7) is 1.76. The van der Waals surface area contributed by atoms with E-state index in [1.165, 1.54) is 47.2 Å². The van der Waals surface area contributed by atoms with Crippen molar-refractivity contribution in [3.05, 3.63) is 83.4 Å². The first kappa shape index (κ1) is 23.2. The Hall–Kier alpha value is -2.49. The largest absolute Gasteiger partial charge is 0.497 e. The highest BCUT2D eigenvalue weighted by Gasteiger charge is 2.19. The fraction of sp³-hybridized carbons (Fsp3) is 0.333. The van der Waals surface area contributed by atoms with Crippen LogP contribution in [0.4, 0.5) is 0 Å². The molecule has 1 unspecified atom stereocenters. The van der Waals surface area contributed by atoms with Gasteiger partial charge >= 0.3 is 0 Å². The van der Waals surface area contributed by atoms with E-state index in [9.17, 15) is 0 Å². The van der Waals surface area contributed by atoms with E-state index in [1.807, 2.05) is 12.1 Å². The minimum absolute atomic E-state index is 0. The molecule has 0 aliphatic heterocycles. The lowest BCUT2D eigenvalue weighted by Crippen LogP contribution is -2.26. The minimum atomic E-state index is 0. The first-order chi connectivity index (χ1) is 14.6. The normalized spacial score (nSPS) is 15.2. The van der Waals surface area contributed by atoms with E-state index in [2.05, 4.69) is 73.6 Å². The summed E-state index contributed by atoms with van der Waals surface area (Å²) >= 11 is 0. The molecule has 4 heteroatoms. The van der Waals surface area contributed by atoms with Crippen molar-refractivity contribution in [3.63, 3.8) is 0 Å². The SMILES string of the molecule is COc1ccc(-c2ccc(COc3ccc4c(c3)CCC(CN(C)C)C4)cc2)cc1.Cl. The predicted molar refractivity (Wildman–Crippen MR) is 131 cm³/mol. The number of methoxy groups -OCH3 is 1. The summed E-state index contributed by atoms with van der Waals surface area (Å²) in [5, 5.41) is 0. The maximum absolute atomic E-state index is 6.10. The number of aryl methyl sites for hydroxylation is 1. The number of nitrogens with zero attached hydrogens (tertiary/aromatic N) is 1. The second-order valence-electron chi connectivity index (χ2n) is 8.52. The quantitative estimate of drug-likeness (QED) is 0.450. The van der Waals surface area contributed by atoms with Crippen LogP contribution in [-0.4, -0.2) is 32.6 Å². The molecule has 1 aliphatic carbocycles. The van der Waals surface area contributed by atoms with Gasteiger partial charge in [0.2, 0.25) is 0 Å². The Bertz CT molecular complexity index is 968. The van der Waals surface area contributed by atoms with Gasteiger partial charge in [0.1, 0.15) is 18.1 Å². The van der Waals surface area contributed by atoms with E-state index < -0.39 is 0 Å². The van der Waals surface area contributed by atoms with Gasteiger partial charge in [-0.05, 0) is 91.4 Å². The lowest BCUT2D eigenvalue weighted by atomic mass is 9.83. The van der Waals surface area contributed by atoms with Crippen molar-refractivity contribution in [1.29, 1.82) is 0 Å². The lowest BCUT2D eigenvalue weighted by Gasteiger charge is -2.27. The molecule has 1 aliphatic rings. The standard InChI is InChI=1S/C27H31NO2.ClH/c1-28(2)18-21-6-9-25-17-27(15-12-24(25)16-21)30-19-20-4-7-22(8-5-20)23-10-13-26(29-3)14-11-23;/h4-5,7-8,10-15,17,21H,6,9,16,18-19H2,1-3H3;1H. The van der Waals surface area contributed by atoms with Gasteiger partial charge in [0.25, 0.3) is 0 Å². The van der Waals surface area contributed by atoms with E-state index in [0.29, 0.717) is 6.61 Å². The highest BCUT2D eigenvalue weighted by atomic mass is 35.5. The average Bonchev–Trinajstić information content (AvgIpc) is 2.77. The molecule has 0 fully saturated rings. The van der Waals surface area contributed by atoms with Crippen LogP contribution in [0.5, 0.6) is 11.5 Å². The zero-order valence-corrected chi connectivity index (χ0v) is 19.5. The number of rotatable bonds is 7. The van der Waals surface area contributed by atoms with E-state index in [4.69, 9.17) is 9.47 Å². The molecule has 0 N–H and O–H groups in total. The Morgan fingerprint density at radius 1 is 0.839 bits per heavy atom. The molecule has 3 nitrogen and oxygen atoms in total. The van der Waals surface area contributed by atoms with Crippen LogP contribution < -0.4 is 9.47 Å². The summed E-state index contributed by atoms with van der Waals surface area (Å²) in [6, 6.07) is 23.4. The van der Waals surface area contributed by atoms with E-state index in [1.54, 1.807) is 7.11 Å². The molecule has 0 spiro atoms. The summed E-state index contributed by atoms with van der Waals surface area (Å²) in [4.78, 5) is 2.30. The van der Waals surface area contributed by atoms with Crippen LogP contribution >= 0.6 is 12.4 Å². The Labute approximate surface area is 192 Å². The summed E-state index contributed by atoms with van der Waals surface area (Å²) in [6.07, 6.45) is 3.60. The number of ether oxygens (including phenoxy) is 2. The van der Waals surface area contributed by atoms with Gasteiger partial charge < -0.3 is 14.4 Å². The molecule has 3 aromatic rings. The Morgan fingerprint density at radius 3 is 2.13 bits per heavy atom. The Kier molecular flexibility index (Phi) is 8.00. The van der Waals surface area contributed by atoms with Crippen LogP contribution in [0.1, 0.15) is 23.1 Å². The van der Waals surface area contributed by atoms with Crippen molar-refractivity contribution < 1.29 is 9.47 Å². The summed E-state index contributed by atoms with van der Waals surface area (Å²) in [5.41, 5.74) is 6.51. The number of hydrogen-bond donors (Lipinski definition) is 0. The second-order valence-corrected chi connectivity index (χ2v) is 8.52. The number of hydrogen-bond acceptors (Lipinski definition) is 3. The molecule has 3 aromatic carbocycles. The third-order valence-corrected chi connectivity index (χ3v) is 5.91. The monoisotopic (exact) mass is 437 g/mol. The predicted octanol–water partition coefficient (Wildman–Crippen LogP) is 6.03. The molecule has 0 heterocycles. The van der Waals surface area contributed by atoms with Crippen molar-refractivity contribution in [3.8, 4) is 22.6 Å². The number of fused-ring (bicyclic) bond motifs is 1. The third-order valence-electron chi connectivity index (χ3n) is 5.91. The van der Waals surface area contributed by atoms with Crippen molar-refractivity contribution >= 4 is 12.4 Å². The van der Waals surface area contributed by atoms with E-state index in [0.717, 1.165) is 23.8 Å². The highest BCUT2D eigenvalue weighted by molar-refractivity contribution is 5.85. The molecular formula is C27H32ClNO2. The van der Waals surface area contributed by atoms with Crippen molar-refractivity contribution in [2.24, 2.45) is 5.92 Å². The van der Waals surface area contributed by atoms with Gasteiger partial charge in [0.05, 0.1) is 7.11 Å². The molecule has 0 radical (unpaired) electrons. The van der Waals surface area contributed by atoms with Crippen LogP contribution in [0.3, 0.4) is 0 Å². The smallest absolute Gasteiger partial charge is 0.120 e. The second kappa shape index (κ2) is 10.7. The fourth-order valence-electron chi connectivity index (χ4n) is 4.31. The van der Waals surface area contributed by atoms with E-state index in [-0.39, 0.29) is 12.4 Å². The lowest BCUT2D eigenvalue weighted by molar-refractivity contribution is 0.297. The fourth-order valence-corrected chi connectivity index (χ4v) is 4.31. The summed E-state index contributed by atoms with van der Waals surface area (Å²) in [7, 11) is 6.01. The van der Waals surface area contributed by atoms with Crippen molar-refractivity contribution in [1.82, 2.24) is 4.90 Å². The number of halogens is 1. The van der Waals surface area contributed by atoms with E-state index >= 15 is 0 Å². The van der Waals surface area contributed by atoms with Gasteiger partial charge in [-0.2, -0.15) is 0 Å². The maximum Gasteiger partial charge on any atom is 0.120 e. The van der Waals surface area contributed by atoms with Crippen molar-refractivity contribution in [2.45, 2.75) is 25.9 Å². The van der Waals surface area contributed by atoms with Gasteiger partial charge in [-0.1, -0.05) is 42.5 Å². The zero-order chi connectivity index (χ0) is 20.9. The molecule has 4 rings (SSSR count). The third kappa shape index (κ3) is 6.03. The number of benzene rings is 3. The van der Waals surface area contributed by atoms with Crippen LogP contribution in [0.25, 0.3) is 11.1 Å². The van der Waals surface area contributed by atoms with Gasteiger partial charge in [0, 0.05) is 6.54 Å². The van der Waals surface area contributed by atoms with Crippen LogP contribution in [0.2, 0.25) is 0 Å². The average molecular weight is 438 g/mol. The molecule has 31 heavy (non-hydrogen) atoms. The van der Waals surface area contributed by atoms with Gasteiger partial charge in [0.15, 0.2) is 0 Å². The van der Waals surface area contributed by atoms with Gasteiger partial charge in [-0.3, -0.25) is 0 Å². The Balaban J connectivity index is 0.00000272. The first-order valence-corrected chi connectivity index (χ1v) is 10.7.